The number of aromatic nitrogens is 1. The van der Waals surface area contributed by atoms with Crippen LogP contribution in [0, 0.1) is 6.92 Å². The molecule has 0 amide bonds. The second-order valence-electron chi connectivity index (χ2n) is 4.04. The number of rotatable bonds is 3. The monoisotopic (exact) mass is 225 g/mol. The van der Waals surface area contributed by atoms with Crippen molar-refractivity contribution < 1.29 is 4.79 Å². The number of benzene rings is 1. The molecule has 1 aromatic heterocycles. The van der Waals surface area contributed by atoms with Crippen LogP contribution in [0.15, 0.2) is 48.8 Å². The van der Waals surface area contributed by atoms with Crippen molar-refractivity contribution in [2.75, 3.05) is 0 Å². The van der Waals surface area contributed by atoms with Crippen molar-refractivity contribution in [2.24, 2.45) is 0 Å². The summed E-state index contributed by atoms with van der Waals surface area (Å²) < 4.78 is 1.74. The smallest absolute Gasteiger partial charge is 0.231 e. The SMILES string of the molecule is C=C=CCCC(=O)n1cc(C)c2ccccc21. The Bertz CT molecular complexity index is 600. The molecule has 1 heterocycles. The molecule has 2 heteroatoms. The first kappa shape index (κ1) is 11.4. The standard InChI is InChI=1S/C15H15NO/c1-3-4-5-10-15(17)16-11-12(2)13-8-6-7-9-14(13)16/h4,6-9,11H,1,5,10H2,2H3. The van der Waals surface area contributed by atoms with Crippen molar-refractivity contribution in [1.82, 2.24) is 4.57 Å². The maximum Gasteiger partial charge on any atom is 0.231 e. The van der Waals surface area contributed by atoms with Crippen LogP contribution in [0.2, 0.25) is 0 Å². The number of carbonyl (C=O) groups excluding carboxylic acids is 1. The maximum absolute atomic E-state index is 12.0. The van der Waals surface area contributed by atoms with Crippen LogP contribution in [0.5, 0.6) is 0 Å². The molecule has 0 fully saturated rings. The summed E-state index contributed by atoms with van der Waals surface area (Å²) in [6, 6.07) is 7.96. The van der Waals surface area contributed by atoms with Crippen LogP contribution in [0.4, 0.5) is 0 Å². The summed E-state index contributed by atoms with van der Waals surface area (Å²) in [5.74, 6) is 0.112. The predicted octanol–water partition coefficient (Wildman–Crippen LogP) is 3.71. The Morgan fingerprint density at radius 1 is 1.47 bits per heavy atom. The zero-order valence-corrected chi connectivity index (χ0v) is 9.94. The first-order valence-corrected chi connectivity index (χ1v) is 5.68. The van der Waals surface area contributed by atoms with Gasteiger partial charge in [-0.3, -0.25) is 9.36 Å². The van der Waals surface area contributed by atoms with Gasteiger partial charge in [0.1, 0.15) is 0 Å². The lowest BCUT2D eigenvalue weighted by Gasteiger charge is -2.01. The molecule has 86 valence electrons. The molecule has 0 saturated carbocycles. The van der Waals surface area contributed by atoms with Gasteiger partial charge in [0.15, 0.2) is 0 Å². The molecule has 2 aromatic rings. The fourth-order valence-electron chi connectivity index (χ4n) is 1.97. The van der Waals surface area contributed by atoms with Crippen LogP contribution in [0.1, 0.15) is 23.2 Å². The van der Waals surface area contributed by atoms with Crippen molar-refractivity contribution in [3.05, 3.63) is 54.4 Å². The highest BCUT2D eigenvalue weighted by Gasteiger charge is 2.09. The van der Waals surface area contributed by atoms with Gasteiger partial charge in [0.05, 0.1) is 5.52 Å². The van der Waals surface area contributed by atoms with Gasteiger partial charge in [-0.05, 0) is 31.1 Å². The molecule has 0 radical (unpaired) electrons. The molecule has 0 aliphatic carbocycles. The zero-order valence-electron chi connectivity index (χ0n) is 9.94. The van der Waals surface area contributed by atoms with E-state index in [2.05, 4.69) is 12.3 Å². The van der Waals surface area contributed by atoms with E-state index in [0.29, 0.717) is 12.8 Å². The fraction of sp³-hybridized carbons (Fsp3) is 0.200. The normalized spacial score (nSPS) is 10.2. The molecule has 2 rings (SSSR count). The van der Waals surface area contributed by atoms with Crippen molar-refractivity contribution >= 4 is 16.8 Å². The Labute approximate surface area is 101 Å². The van der Waals surface area contributed by atoms with E-state index in [0.717, 1.165) is 16.5 Å². The average Bonchev–Trinajstić information content (AvgIpc) is 2.68. The first-order chi connectivity index (χ1) is 8.24. The lowest BCUT2D eigenvalue weighted by atomic mass is 10.2. The van der Waals surface area contributed by atoms with Gasteiger partial charge in [0.25, 0.3) is 0 Å². The molecule has 0 spiro atoms. The quantitative estimate of drug-likeness (QED) is 0.730. The summed E-state index contributed by atoms with van der Waals surface area (Å²) in [6.07, 6.45) is 4.87. The van der Waals surface area contributed by atoms with Crippen molar-refractivity contribution in [1.29, 1.82) is 0 Å². The molecule has 17 heavy (non-hydrogen) atoms. The molecule has 0 saturated heterocycles. The summed E-state index contributed by atoms with van der Waals surface area (Å²) >= 11 is 0. The first-order valence-electron chi connectivity index (χ1n) is 5.68. The third kappa shape index (κ3) is 2.22. The minimum Gasteiger partial charge on any atom is -0.287 e. The van der Waals surface area contributed by atoms with E-state index in [4.69, 9.17) is 0 Å². The van der Waals surface area contributed by atoms with E-state index < -0.39 is 0 Å². The molecular weight excluding hydrogens is 210 g/mol. The van der Waals surface area contributed by atoms with Crippen molar-refractivity contribution in [2.45, 2.75) is 19.8 Å². The van der Waals surface area contributed by atoms with Crippen LogP contribution < -0.4 is 0 Å². The summed E-state index contributed by atoms with van der Waals surface area (Å²) in [4.78, 5) is 12.0. The maximum atomic E-state index is 12.0. The molecule has 0 bridgehead atoms. The lowest BCUT2D eigenvalue weighted by Crippen LogP contribution is -2.08. The number of fused-ring (bicyclic) bond motifs is 1. The largest absolute Gasteiger partial charge is 0.287 e. The highest BCUT2D eigenvalue weighted by Crippen LogP contribution is 2.20. The highest BCUT2D eigenvalue weighted by molar-refractivity contribution is 5.94. The Kier molecular flexibility index (Phi) is 3.27. The summed E-state index contributed by atoms with van der Waals surface area (Å²) in [7, 11) is 0. The average molecular weight is 225 g/mol. The molecule has 1 aromatic carbocycles. The number of hydrogen-bond acceptors (Lipinski definition) is 1. The Balaban J connectivity index is 2.35. The highest BCUT2D eigenvalue weighted by atomic mass is 16.2. The predicted molar refractivity (Wildman–Crippen MR) is 70.2 cm³/mol. The van der Waals surface area contributed by atoms with E-state index in [1.807, 2.05) is 37.4 Å². The molecule has 0 atom stereocenters. The topological polar surface area (TPSA) is 22.0 Å². The third-order valence-corrected chi connectivity index (χ3v) is 2.83. The Hall–Kier alpha value is -2.05. The van der Waals surface area contributed by atoms with Gasteiger partial charge < -0.3 is 0 Å². The van der Waals surface area contributed by atoms with Gasteiger partial charge in [-0.15, -0.1) is 5.73 Å². The second-order valence-corrected chi connectivity index (χ2v) is 4.04. The number of hydrogen-bond donors (Lipinski definition) is 0. The second kappa shape index (κ2) is 4.86. The van der Waals surface area contributed by atoms with Gasteiger partial charge >= 0.3 is 0 Å². The molecule has 0 unspecified atom stereocenters. The van der Waals surface area contributed by atoms with Crippen LogP contribution in [0.25, 0.3) is 10.9 Å². The summed E-state index contributed by atoms with van der Waals surface area (Å²) in [6.45, 7) is 5.51. The van der Waals surface area contributed by atoms with E-state index in [9.17, 15) is 4.79 Å². The number of nitrogens with zero attached hydrogens (tertiary/aromatic N) is 1. The molecular formula is C15H15NO. The lowest BCUT2D eigenvalue weighted by molar-refractivity contribution is 0.0909. The van der Waals surface area contributed by atoms with Gasteiger partial charge in [-0.1, -0.05) is 24.8 Å². The van der Waals surface area contributed by atoms with Gasteiger partial charge in [-0.25, -0.2) is 0 Å². The van der Waals surface area contributed by atoms with E-state index >= 15 is 0 Å². The van der Waals surface area contributed by atoms with Crippen molar-refractivity contribution in [3.63, 3.8) is 0 Å². The molecule has 0 aliphatic rings. The molecule has 0 N–H and O–H groups in total. The third-order valence-electron chi connectivity index (χ3n) is 2.83. The molecule has 2 nitrogen and oxygen atoms in total. The minimum absolute atomic E-state index is 0.112. The van der Waals surface area contributed by atoms with Gasteiger partial charge in [0.2, 0.25) is 5.91 Å². The van der Waals surface area contributed by atoms with Gasteiger partial charge in [0, 0.05) is 18.0 Å². The van der Waals surface area contributed by atoms with Crippen LogP contribution in [-0.2, 0) is 0 Å². The number of aryl methyl sites for hydroxylation is 1. The fourth-order valence-corrected chi connectivity index (χ4v) is 1.97. The van der Waals surface area contributed by atoms with E-state index in [-0.39, 0.29) is 5.91 Å². The number of carbonyl (C=O) groups is 1. The summed E-state index contributed by atoms with van der Waals surface area (Å²) in [5.41, 5.74) is 4.80. The van der Waals surface area contributed by atoms with Crippen LogP contribution in [-0.4, -0.2) is 10.5 Å². The Morgan fingerprint density at radius 3 is 3.00 bits per heavy atom. The zero-order chi connectivity index (χ0) is 12.3. The molecule has 0 aliphatic heterocycles. The van der Waals surface area contributed by atoms with Crippen LogP contribution in [0.3, 0.4) is 0 Å². The number of allylic oxidation sites excluding steroid dienone is 1. The van der Waals surface area contributed by atoms with E-state index in [1.54, 1.807) is 10.6 Å². The van der Waals surface area contributed by atoms with Crippen molar-refractivity contribution in [3.8, 4) is 0 Å². The van der Waals surface area contributed by atoms with Crippen LogP contribution >= 0.6 is 0 Å². The van der Waals surface area contributed by atoms with E-state index in [1.165, 1.54) is 0 Å². The minimum atomic E-state index is 0.112. The van der Waals surface area contributed by atoms with Gasteiger partial charge in [-0.2, -0.15) is 0 Å². The number of para-hydroxylation sites is 1. The Morgan fingerprint density at radius 2 is 2.24 bits per heavy atom. The summed E-state index contributed by atoms with van der Waals surface area (Å²) in [5, 5.41) is 1.14.